The number of hydrogen-bond acceptors (Lipinski definition) is 5. The fraction of sp³-hybridized carbons (Fsp3) is 0.150. The Morgan fingerprint density at radius 2 is 1.83 bits per heavy atom. The summed E-state index contributed by atoms with van der Waals surface area (Å²) < 4.78 is 4.74. The van der Waals surface area contributed by atoms with Gasteiger partial charge in [-0.25, -0.2) is 14.5 Å². The summed E-state index contributed by atoms with van der Waals surface area (Å²) in [6, 6.07) is 12.2. The van der Waals surface area contributed by atoms with Gasteiger partial charge in [-0.2, -0.15) is 5.10 Å². The summed E-state index contributed by atoms with van der Waals surface area (Å²) in [4.78, 5) is 41.6. The third kappa shape index (κ3) is 3.35. The second-order valence-corrected chi connectivity index (χ2v) is 7.71. The molecule has 9 nitrogen and oxygen atoms in total. The van der Waals surface area contributed by atoms with Gasteiger partial charge < -0.3 is 5.32 Å². The number of pyridine rings is 1. The Balaban J connectivity index is 1.75. The van der Waals surface area contributed by atoms with Crippen LogP contribution in [0.1, 0.15) is 16.2 Å². The first-order chi connectivity index (χ1) is 14.3. The van der Waals surface area contributed by atoms with Crippen LogP contribution in [0.4, 0.5) is 5.82 Å². The van der Waals surface area contributed by atoms with Gasteiger partial charge in [-0.3, -0.25) is 18.7 Å². The largest absolute Gasteiger partial charge is 0.332 e. The average molecular weight is 469 g/mol. The monoisotopic (exact) mass is 468 g/mol. The minimum absolute atomic E-state index is 0.0744. The van der Waals surface area contributed by atoms with Crippen molar-refractivity contribution in [2.24, 2.45) is 14.1 Å². The van der Waals surface area contributed by atoms with Crippen LogP contribution in [0.2, 0.25) is 0 Å². The number of aryl methyl sites for hydroxylation is 2. The van der Waals surface area contributed by atoms with E-state index in [0.29, 0.717) is 5.82 Å². The van der Waals surface area contributed by atoms with Crippen molar-refractivity contribution in [2.45, 2.75) is 6.92 Å². The van der Waals surface area contributed by atoms with Crippen LogP contribution in [0, 0.1) is 6.92 Å². The summed E-state index contributed by atoms with van der Waals surface area (Å²) >= 11 is 3.43. The molecule has 30 heavy (non-hydrogen) atoms. The summed E-state index contributed by atoms with van der Waals surface area (Å²) in [5.74, 6) is -0.0171. The number of carbonyl (C=O) groups excluding carboxylic acids is 1. The minimum atomic E-state index is -0.513. The standard InChI is InChI=1S/C20H17BrN6O3/c1-11-9-16(27(24-11)13-6-4-5-12(21)10-13)23-18(28)15-8-7-14-17(22-15)25(2)20(30)26(3)19(14)29/h4-10H,1-3H3,(H,23,28). The molecule has 0 aliphatic rings. The van der Waals surface area contributed by atoms with Gasteiger partial charge in [-0.1, -0.05) is 22.0 Å². The van der Waals surface area contributed by atoms with Gasteiger partial charge in [0.1, 0.15) is 17.2 Å². The molecule has 152 valence electrons. The van der Waals surface area contributed by atoms with Gasteiger partial charge in [0.15, 0.2) is 0 Å². The quantitative estimate of drug-likeness (QED) is 0.495. The van der Waals surface area contributed by atoms with Crippen molar-refractivity contribution in [3.8, 4) is 5.69 Å². The molecule has 3 aromatic heterocycles. The third-order valence-electron chi connectivity index (χ3n) is 4.66. The molecule has 0 aliphatic heterocycles. The molecule has 10 heteroatoms. The maximum absolute atomic E-state index is 12.9. The predicted molar refractivity (Wildman–Crippen MR) is 116 cm³/mol. The zero-order valence-electron chi connectivity index (χ0n) is 16.4. The number of nitrogens with zero attached hydrogens (tertiary/aromatic N) is 5. The maximum Gasteiger partial charge on any atom is 0.332 e. The molecule has 1 amide bonds. The molecule has 4 aromatic rings. The number of carbonyl (C=O) groups is 1. The highest BCUT2D eigenvalue weighted by molar-refractivity contribution is 9.10. The molecule has 0 spiro atoms. The zero-order valence-corrected chi connectivity index (χ0v) is 18.0. The molecule has 0 bridgehead atoms. The molecule has 1 aromatic carbocycles. The average Bonchev–Trinajstić information content (AvgIpc) is 3.10. The number of hydrogen-bond donors (Lipinski definition) is 1. The Kier molecular flexibility index (Phi) is 4.86. The van der Waals surface area contributed by atoms with E-state index < -0.39 is 17.2 Å². The first kappa shape index (κ1) is 19.8. The summed E-state index contributed by atoms with van der Waals surface area (Å²) in [6.45, 7) is 1.82. The lowest BCUT2D eigenvalue weighted by Crippen LogP contribution is -2.37. The number of benzene rings is 1. The van der Waals surface area contributed by atoms with E-state index in [1.54, 1.807) is 10.7 Å². The van der Waals surface area contributed by atoms with E-state index in [1.807, 2.05) is 31.2 Å². The fourth-order valence-electron chi connectivity index (χ4n) is 3.15. The summed E-state index contributed by atoms with van der Waals surface area (Å²) in [5.41, 5.74) is 0.738. The summed E-state index contributed by atoms with van der Waals surface area (Å²) in [7, 11) is 2.90. The van der Waals surface area contributed by atoms with Gasteiger partial charge in [0.2, 0.25) is 0 Å². The fourth-order valence-corrected chi connectivity index (χ4v) is 3.54. The molecule has 1 N–H and O–H groups in total. The number of aromatic nitrogens is 5. The molecule has 3 heterocycles. The molecule has 0 fully saturated rings. The lowest BCUT2D eigenvalue weighted by Gasteiger charge is -2.10. The second-order valence-electron chi connectivity index (χ2n) is 6.79. The van der Waals surface area contributed by atoms with E-state index in [1.165, 1.54) is 30.8 Å². The van der Waals surface area contributed by atoms with Crippen LogP contribution in [0.3, 0.4) is 0 Å². The van der Waals surface area contributed by atoms with E-state index in [2.05, 4.69) is 31.3 Å². The van der Waals surface area contributed by atoms with Crippen LogP contribution in [0.25, 0.3) is 16.7 Å². The highest BCUT2D eigenvalue weighted by Gasteiger charge is 2.16. The SMILES string of the molecule is Cc1cc(NC(=O)c2ccc3c(=O)n(C)c(=O)n(C)c3n2)n(-c2cccc(Br)c2)n1. The Hall–Kier alpha value is -3.53. The van der Waals surface area contributed by atoms with Crippen molar-refractivity contribution in [3.05, 3.63) is 79.2 Å². The lowest BCUT2D eigenvalue weighted by atomic mass is 10.2. The number of amides is 1. The molecule has 0 radical (unpaired) electrons. The number of rotatable bonds is 3. The van der Waals surface area contributed by atoms with E-state index in [-0.39, 0.29) is 16.7 Å². The zero-order chi connectivity index (χ0) is 21.6. The molecule has 0 aliphatic carbocycles. The smallest absolute Gasteiger partial charge is 0.305 e. The molecular formula is C20H17BrN6O3. The van der Waals surface area contributed by atoms with Gasteiger partial charge in [-0.05, 0) is 37.3 Å². The van der Waals surface area contributed by atoms with Crippen LogP contribution in [-0.4, -0.2) is 29.8 Å². The topological polar surface area (TPSA) is 104 Å². The Bertz CT molecular complexity index is 1430. The van der Waals surface area contributed by atoms with E-state index >= 15 is 0 Å². The van der Waals surface area contributed by atoms with Crippen molar-refractivity contribution in [2.75, 3.05) is 5.32 Å². The molecule has 4 rings (SSSR count). The summed E-state index contributed by atoms with van der Waals surface area (Å²) in [5, 5.41) is 7.50. The van der Waals surface area contributed by atoms with Crippen molar-refractivity contribution in [1.29, 1.82) is 0 Å². The summed E-state index contributed by atoms with van der Waals surface area (Å²) in [6.07, 6.45) is 0. The van der Waals surface area contributed by atoms with Gasteiger partial charge in [0.25, 0.3) is 11.5 Å². The van der Waals surface area contributed by atoms with Gasteiger partial charge in [-0.15, -0.1) is 0 Å². The van der Waals surface area contributed by atoms with Crippen LogP contribution >= 0.6 is 15.9 Å². The van der Waals surface area contributed by atoms with Crippen LogP contribution in [-0.2, 0) is 14.1 Å². The highest BCUT2D eigenvalue weighted by atomic mass is 79.9. The van der Waals surface area contributed by atoms with E-state index in [9.17, 15) is 14.4 Å². The Morgan fingerprint density at radius 3 is 2.57 bits per heavy atom. The number of fused-ring (bicyclic) bond motifs is 1. The van der Waals surface area contributed by atoms with Crippen LogP contribution in [0.5, 0.6) is 0 Å². The maximum atomic E-state index is 12.9. The van der Waals surface area contributed by atoms with E-state index in [0.717, 1.165) is 20.4 Å². The van der Waals surface area contributed by atoms with Crippen LogP contribution < -0.4 is 16.6 Å². The molecule has 0 atom stereocenters. The van der Waals surface area contributed by atoms with Gasteiger partial charge >= 0.3 is 5.69 Å². The Labute approximate surface area is 178 Å². The third-order valence-corrected chi connectivity index (χ3v) is 5.15. The lowest BCUT2D eigenvalue weighted by molar-refractivity contribution is 0.102. The number of nitrogens with one attached hydrogen (secondary N) is 1. The molecule has 0 saturated heterocycles. The molecule has 0 saturated carbocycles. The molecular weight excluding hydrogens is 452 g/mol. The van der Waals surface area contributed by atoms with Gasteiger partial charge in [0, 0.05) is 24.6 Å². The second kappa shape index (κ2) is 7.38. The molecule has 0 unspecified atom stereocenters. The van der Waals surface area contributed by atoms with Crippen molar-refractivity contribution < 1.29 is 4.79 Å². The van der Waals surface area contributed by atoms with Crippen LogP contribution in [0.15, 0.2) is 56.5 Å². The normalized spacial score (nSPS) is 11.1. The minimum Gasteiger partial charge on any atom is -0.305 e. The first-order valence-electron chi connectivity index (χ1n) is 8.97. The van der Waals surface area contributed by atoms with E-state index in [4.69, 9.17) is 0 Å². The van der Waals surface area contributed by atoms with Gasteiger partial charge in [0.05, 0.1) is 16.8 Å². The van der Waals surface area contributed by atoms with Crippen molar-refractivity contribution >= 4 is 38.7 Å². The predicted octanol–water partition coefficient (Wildman–Crippen LogP) is 2.14. The Morgan fingerprint density at radius 1 is 1.07 bits per heavy atom. The first-order valence-corrected chi connectivity index (χ1v) is 9.76. The number of anilines is 1. The van der Waals surface area contributed by atoms with Crippen molar-refractivity contribution in [3.63, 3.8) is 0 Å². The number of halogens is 1. The highest BCUT2D eigenvalue weighted by Crippen LogP contribution is 2.21. The van der Waals surface area contributed by atoms with Crippen molar-refractivity contribution in [1.82, 2.24) is 23.9 Å².